The highest BCUT2D eigenvalue weighted by Crippen LogP contribution is 2.15. The minimum atomic E-state index is -2.89. The molecule has 0 atom stereocenters. The summed E-state index contributed by atoms with van der Waals surface area (Å²) in [4.78, 5) is 10.6. The summed E-state index contributed by atoms with van der Waals surface area (Å²) in [5, 5.41) is 3.19. The molecule has 1 aromatic heterocycles. The molecule has 0 radical (unpaired) electrons. The monoisotopic (exact) mass is 284 g/mol. The molecule has 0 saturated carbocycles. The van der Waals surface area contributed by atoms with Crippen LogP contribution in [0.5, 0.6) is 0 Å². The Labute approximate surface area is 114 Å². The summed E-state index contributed by atoms with van der Waals surface area (Å²) in [5.41, 5.74) is 0. The van der Waals surface area contributed by atoms with Gasteiger partial charge in [-0.1, -0.05) is 6.92 Å². The highest BCUT2D eigenvalue weighted by atomic mass is 32.2. The molecule has 2 heterocycles. The topological polar surface area (TPSA) is 75.2 Å². The molecule has 0 spiro atoms. The normalized spacial score (nSPS) is 18.9. The Morgan fingerprint density at radius 1 is 1.32 bits per heavy atom. The van der Waals surface area contributed by atoms with E-state index >= 15 is 0 Å². The molecular formula is C12H20N4O2S. The van der Waals surface area contributed by atoms with Crippen LogP contribution in [0, 0.1) is 0 Å². The first-order valence-electron chi connectivity index (χ1n) is 6.62. The Kier molecular flexibility index (Phi) is 4.57. The van der Waals surface area contributed by atoms with Gasteiger partial charge in [0.15, 0.2) is 9.84 Å². The standard InChI is InChI=1S/C12H20N4O2S/c1-2-4-14-11-9-13-10-12(15-11)16-5-3-7-19(17,18)8-6-16/h9-10H,2-8H2,1H3,(H,14,15). The van der Waals surface area contributed by atoms with Crippen molar-refractivity contribution in [1.82, 2.24) is 9.97 Å². The maximum absolute atomic E-state index is 11.6. The lowest BCUT2D eigenvalue weighted by molar-refractivity contribution is 0.597. The van der Waals surface area contributed by atoms with Gasteiger partial charge in [-0.3, -0.25) is 4.98 Å². The zero-order valence-electron chi connectivity index (χ0n) is 11.2. The average molecular weight is 284 g/mol. The Morgan fingerprint density at radius 3 is 2.95 bits per heavy atom. The maximum atomic E-state index is 11.6. The first kappa shape index (κ1) is 14.0. The molecule has 0 aromatic carbocycles. The summed E-state index contributed by atoms with van der Waals surface area (Å²) in [7, 11) is -2.89. The van der Waals surface area contributed by atoms with Crippen LogP contribution in [-0.4, -0.2) is 49.5 Å². The second kappa shape index (κ2) is 6.18. The lowest BCUT2D eigenvalue weighted by Gasteiger charge is -2.20. The fraction of sp³-hybridized carbons (Fsp3) is 0.667. The molecule has 0 bridgehead atoms. The van der Waals surface area contributed by atoms with Crippen LogP contribution in [0.4, 0.5) is 11.6 Å². The predicted molar refractivity (Wildman–Crippen MR) is 76.3 cm³/mol. The first-order chi connectivity index (χ1) is 9.11. The molecular weight excluding hydrogens is 264 g/mol. The van der Waals surface area contributed by atoms with Crippen LogP contribution in [0.3, 0.4) is 0 Å². The fourth-order valence-corrected chi connectivity index (χ4v) is 3.29. The van der Waals surface area contributed by atoms with Gasteiger partial charge in [0.25, 0.3) is 0 Å². The van der Waals surface area contributed by atoms with E-state index in [2.05, 4.69) is 22.2 Å². The molecule has 6 nitrogen and oxygen atoms in total. The van der Waals surface area contributed by atoms with Crippen molar-refractivity contribution in [3.63, 3.8) is 0 Å². The third-order valence-corrected chi connectivity index (χ3v) is 4.77. The largest absolute Gasteiger partial charge is 0.369 e. The second-order valence-electron chi connectivity index (χ2n) is 4.68. The summed E-state index contributed by atoms with van der Waals surface area (Å²) in [6.45, 7) is 4.15. The highest BCUT2D eigenvalue weighted by Gasteiger charge is 2.20. The van der Waals surface area contributed by atoms with Crippen molar-refractivity contribution in [2.24, 2.45) is 0 Å². The van der Waals surface area contributed by atoms with E-state index in [0.29, 0.717) is 19.5 Å². The van der Waals surface area contributed by atoms with E-state index in [1.165, 1.54) is 0 Å². The summed E-state index contributed by atoms with van der Waals surface area (Å²) in [6.07, 6.45) is 5.05. The predicted octanol–water partition coefficient (Wildman–Crippen LogP) is 0.923. The smallest absolute Gasteiger partial charge is 0.152 e. The number of anilines is 2. The molecule has 19 heavy (non-hydrogen) atoms. The van der Waals surface area contributed by atoms with Crippen LogP contribution >= 0.6 is 0 Å². The molecule has 1 N–H and O–H groups in total. The van der Waals surface area contributed by atoms with Gasteiger partial charge in [-0.2, -0.15) is 0 Å². The number of sulfone groups is 1. The zero-order chi connectivity index (χ0) is 13.7. The third kappa shape index (κ3) is 4.05. The number of nitrogens with zero attached hydrogens (tertiary/aromatic N) is 3. The number of aromatic nitrogens is 2. The van der Waals surface area contributed by atoms with E-state index in [1.54, 1.807) is 12.4 Å². The van der Waals surface area contributed by atoms with Crippen molar-refractivity contribution in [3.05, 3.63) is 12.4 Å². The molecule has 0 amide bonds. The van der Waals surface area contributed by atoms with Gasteiger partial charge in [0, 0.05) is 19.6 Å². The van der Waals surface area contributed by atoms with E-state index in [1.807, 2.05) is 4.90 Å². The van der Waals surface area contributed by atoms with Gasteiger partial charge in [0.2, 0.25) is 0 Å². The molecule has 0 aliphatic carbocycles. The molecule has 0 unspecified atom stereocenters. The van der Waals surface area contributed by atoms with Gasteiger partial charge >= 0.3 is 0 Å². The fourth-order valence-electron chi connectivity index (χ4n) is 2.01. The van der Waals surface area contributed by atoms with Crippen LogP contribution in [0.15, 0.2) is 12.4 Å². The van der Waals surface area contributed by atoms with E-state index in [0.717, 1.165) is 24.6 Å². The molecule has 1 saturated heterocycles. The van der Waals surface area contributed by atoms with Crippen molar-refractivity contribution < 1.29 is 8.42 Å². The van der Waals surface area contributed by atoms with Crippen LogP contribution in [0.1, 0.15) is 19.8 Å². The minimum Gasteiger partial charge on any atom is -0.369 e. The van der Waals surface area contributed by atoms with Crippen LogP contribution in [0.25, 0.3) is 0 Å². The number of hydrogen-bond acceptors (Lipinski definition) is 6. The van der Waals surface area contributed by atoms with Crippen LogP contribution < -0.4 is 10.2 Å². The Morgan fingerprint density at radius 2 is 2.16 bits per heavy atom. The second-order valence-corrected chi connectivity index (χ2v) is 6.99. The summed E-state index contributed by atoms with van der Waals surface area (Å²) >= 11 is 0. The zero-order valence-corrected chi connectivity index (χ0v) is 12.0. The van der Waals surface area contributed by atoms with Crippen molar-refractivity contribution in [1.29, 1.82) is 0 Å². The Bertz CT molecular complexity index is 518. The molecule has 2 rings (SSSR count). The third-order valence-electron chi connectivity index (χ3n) is 3.06. The van der Waals surface area contributed by atoms with Crippen LogP contribution in [-0.2, 0) is 9.84 Å². The Balaban J connectivity index is 2.08. The van der Waals surface area contributed by atoms with E-state index in [9.17, 15) is 8.42 Å². The number of nitrogens with one attached hydrogen (secondary N) is 1. The van der Waals surface area contributed by atoms with Gasteiger partial charge in [0.05, 0.1) is 23.9 Å². The Hall–Kier alpha value is -1.37. The van der Waals surface area contributed by atoms with Crippen molar-refractivity contribution in [2.75, 3.05) is 41.4 Å². The average Bonchev–Trinajstić information content (AvgIpc) is 2.58. The minimum absolute atomic E-state index is 0.196. The number of rotatable bonds is 4. The van der Waals surface area contributed by atoms with Gasteiger partial charge in [-0.15, -0.1) is 0 Å². The molecule has 1 aliphatic rings. The van der Waals surface area contributed by atoms with Crippen molar-refractivity contribution in [2.45, 2.75) is 19.8 Å². The molecule has 106 valence electrons. The van der Waals surface area contributed by atoms with Gasteiger partial charge in [-0.25, -0.2) is 13.4 Å². The molecule has 1 aliphatic heterocycles. The summed E-state index contributed by atoms with van der Waals surface area (Å²) in [5.74, 6) is 1.95. The highest BCUT2D eigenvalue weighted by molar-refractivity contribution is 7.91. The maximum Gasteiger partial charge on any atom is 0.152 e. The lowest BCUT2D eigenvalue weighted by Crippen LogP contribution is -2.27. The van der Waals surface area contributed by atoms with E-state index < -0.39 is 9.84 Å². The van der Waals surface area contributed by atoms with Gasteiger partial charge in [0.1, 0.15) is 11.6 Å². The van der Waals surface area contributed by atoms with Crippen molar-refractivity contribution in [3.8, 4) is 0 Å². The van der Waals surface area contributed by atoms with Gasteiger partial charge < -0.3 is 10.2 Å². The van der Waals surface area contributed by atoms with Crippen molar-refractivity contribution >= 4 is 21.5 Å². The first-order valence-corrected chi connectivity index (χ1v) is 8.44. The molecule has 1 aromatic rings. The number of hydrogen-bond donors (Lipinski definition) is 1. The van der Waals surface area contributed by atoms with Crippen LogP contribution in [0.2, 0.25) is 0 Å². The van der Waals surface area contributed by atoms with E-state index in [4.69, 9.17) is 0 Å². The summed E-state index contributed by atoms with van der Waals surface area (Å²) in [6, 6.07) is 0. The summed E-state index contributed by atoms with van der Waals surface area (Å²) < 4.78 is 23.2. The quantitative estimate of drug-likeness (QED) is 0.886. The van der Waals surface area contributed by atoms with Gasteiger partial charge in [-0.05, 0) is 12.8 Å². The molecule has 7 heteroatoms. The van der Waals surface area contributed by atoms with E-state index in [-0.39, 0.29) is 11.5 Å². The SMILES string of the molecule is CCCNc1cncc(N2CCCS(=O)(=O)CC2)n1. The lowest BCUT2D eigenvalue weighted by atomic mass is 10.4. The molecule has 1 fully saturated rings.